The molecule has 0 amide bonds. The number of ketones is 1. The molecule has 32 heavy (non-hydrogen) atoms. The van der Waals surface area contributed by atoms with Crippen molar-refractivity contribution in [2.75, 3.05) is 13.2 Å². The first-order valence-corrected chi connectivity index (χ1v) is 11.3. The molecule has 4 saturated heterocycles. The molecule has 186 valence electrons. The van der Waals surface area contributed by atoms with Crippen LogP contribution in [0.15, 0.2) is 0 Å². The smallest absolute Gasteiger partial charge is 0.187 e. The monoisotopic (exact) mass is 462 g/mol. The van der Waals surface area contributed by atoms with Gasteiger partial charge in [-0.05, 0) is 27.7 Å². The summed E-state index contributed by atoms with van der Waals surface area (Å²) in [6.45, 7) is 10.7. The quantitative estimate of drug-likeness (QED) is 0.518. The third-order valence-corrected chi connectivity index (χ3v) is 6.32. The van der Waals surface area contributed by atoms with Crippen molar-refractivity contribution in [3.8, 4) is 0 Å². The average molecular weight is 463 g/mol. The molecule has 0 aromatic heterocycles. The van der Waals surface area contributed by atoms with E-state index in [-0.39, 0.29) is 67.6 Å². The fourth-order valence-corrected chi connectivity index (χ4v) is 4.59. The van der Waals surface area contributed by atoms with Gasteiger partial charge < -0.3 is 43.7 Å². The summed E-state index contributed by atoms with van der Waals surface area (Å²) in [6, 6.07) is 0. The summed E-state index contributed by atoms with van der Waals surface area (Å²) in [5.41, 5.74) is 0. The molecule has 10 heteroatoms. The second-order valence-corrected chi connectivity index (χ2v) is 9.98. The summed E-state index contributed by atoms with van der Waals surface area (Å²) in [5.74, 6) is -1.16. The van der Waals surface area contributed by atoms with E-state index in [2.05, 4.69) is 0 Å². The van der Waals surface area contributed by atoms with Crippen molar-refractivity contribution in [2.24, 2.45) is 11.8 Å². The van der Waals surface area contributed by atoms with Crippen LogP contribution in [0.1, 0.15) is 54.4 Å². The minimum Gasteiger partial charge on any atom is -0.394 e. The predicted octanol–water partition coefficient (Wildman–Crippen LogP) is 0.693. The van der Waals surface area contributed by atoms with Gasteiger partial charge in [-0.2, -0.15) is 0 Å². The lowest BCUT2D eigenvalue weighted by Crippen LogP contribution is -2.31. The van der Waals surface area contributed by atoms with Crippen LogP contribution in [0.3, 0.4) is 0 Å². The number of aliphatic hydroxyl groups excluding tert-OH is 3. The molecular weight excluding hydrogens is 424 g/mol. The van der Waals surface area contributed by atoms with Gasteiger partial charge in [-0.25, -0.2) is 0 Å². The second kappa shape index (κ2) is 9.89. The third kappa shape index (κ3) is 5.86. The van der Waals surface area contributed by atoms with Crippen LogP contribution in [0.4, 0.5) is 0 Å². The normalized spacial score (nSPS) is 42.2. The number of ether oxygens (including phenoxy) is 6. The SMILES string of the molecule is C[C@@H]1[C@H]2OC(C)(C)O[C@H]2O[C@@H]1CC(=O)CO.C[C@@H]1[C@H]2OC(C)(C)O[C@H]2O[C@@H]1C[C@H](O)CO. The van der Waals surface area contributed by atoms with E-state index < -0.39 is 24.3 Å². The van der Waals surface area contributed by atoms with Crippen LogP contribution in [0.5, 0.6) is 0 Å². The van der Waals surface area contributed by atoms with E-state index in [1.165, 1.54) is 0 Å². The van der Waals surface area contributed by atoms with E-state index in [0.717, 1.165) is 0 Å². The molecule has 0 aromatic carbocycles. The second-order valence-electron chi connectivity index (χ2n) is 9.98. The first kappa shape index (κ1) is 25.9. The van der Waals surface area contributed by atoms with Crippen LogP contribution < -0.4 is 0 Å². The number of hydrogen-bond donors (Lipinski definition) is 3. The van der Waals surface area contributed by atoms with Gasteiger partial charge in [-0.15, -0.1) is 0 Å². The first-order valence-electron chi connectivity index (χ1n) is 11.3. The number of rotatable bonds is 6. The Labute approximate surface area is 189 Å². The molecule has 0 aliphatic carbocycles. The fourth-order valence-electron chi connectivity index (χ4n) is 4.59. The summed E-state index contributed by atoms with van der Waals surface area (Å²) >= 11 is 0. The summed E-state index contributed by atoms with van der Waals surface area (Å²) in [6.07, 6.45) is -1.37. The Bertz CT molecular complexity index is 653. The van der Waals surface area contributed by atoms with E-state index >= 15 is 0 Å². The molecule has 4 fully saturated rings. The van der Waals surface area contributed by atoms with Gasteiger partial charge in [0.2, 0.25) is 0 Å². The maximum absolute atomic E-state index is 11.1. The van der Waals surface area contributed by atoms with Crippen molar-refractivity contribution in [3.05, 3.63) is 0 Å². The average Bonchev–Trinajstić information content (AvgIpc) is 3.35. The van der Waals surface area contributed by atoms with Gasteiger partial charge in [0.25, 0.3) is 0 Å². The molecule has 9 atom stereocenters. The number of fused-ring (bicyclic) bond motifs is 2. The minimum atomic E-state index is -0.737. The lowest BCUT2D eigenvalue weighted by Gasteiger charge is -2.24. The molecule has 10 nitrogen and oxygen atoms in total. The van der Waals surface area contributed by atoms with E-state index in [1.54, 1.807) is 0 Å². The van der Waals surface area contributed by atoms with E-state index in [9.17, 15) is 9.90 Å². The van der Waals surface area contributed by atoms with E-state index in [4.69, 9.17) is 38.6 Å². The molecule has 0 bridgehead atoms. The lowest BCUT2D eigenvalue weighted by molar-refractivity contribution is -0.212. The summed E-state index contributed by atoms with van der Waals surface area (Å²) in [4.78, 5) is 11.1. The highest BCUT2D eigenvalue weighted by molar-refractivity contribution is 5.79. The maximum Gasteiger partial charge on any atom is 0.187 e. The number of carbonyl (C=O) groups is 1. The Kier molecular flexibility index (Phi) is 8.01. The zero-order valence-electron chi connectivity index (χ0n) is 19.7. The highest BCUT2D eigenvalue weighted by Gasteiger charge is 2.54. The van der Waals surface area contributed by atoms with E-state index in [1.807, 2.05) is 41.5 Å². The maximum atomic E-state index is 11.1. The Hall–Kier alpha value is -0.690. The third-order valence-electron chi connectivity index (χ3n) is 6.32. The molecule has 0 saturated carbocycles. The van der Waals surface area contributed by atoms with Gasteiger partial charge in [0.05, 0.1) is 24.9 Å². The van der Waals surface area contributed by atoms with Crippen molar-refractivity contribution in [2.45, 2.75) is 109 Å². The van der Waals surface area contributed by atoms with Crippen molar-refractivity contribution in [1.29, 1.82) is 0 Å². The molecule has 0 unspecified atom stereocenters. The Morgan fingerprint density at radius 1 is 0.844 bits per heavy atom. The van der Waals surface area contributed by atoms with Crippen molar-refractivity contribution in [1.82, 2.24) is 0 Å². The van der Waals surface area contributed by atoms with Crippen LogP contribution in [0.2, 0.25) is 0 Å². The standard InChI is InChI=1S/C11H20O5.C11H18O5/c2*1-6-8(4-7(13)5-12)14-10-9(6)15-11(2,3)16-10/h6-10,12-13H,4-5H2,1-3H3;6,8-10,12H,4-5H2,1-3H3/t6-,7-,8+,9+,10+;6-,8+,9+,10+/m00/s1. The molecule has 4 aliphatic rings. The highest BCUT2D eigenvalue weighted by Crippen LogP contribution is 2.42. The molecule has 4 aliphatic heterocycles. The predicted molar refractivity (Wildman–Crippen MR) is 110 cm³/mol. The molecule has 4 rings (SSSR count). The minimum absolute atomic E-state index is 0.0779. The molecule has 0 aromatic rings. The number of Topliss-reactive ketones (excluding diaryl/α,β-unsaturated/α-hetero) is 1. The summed E-state index contributed by atoms with van der Waals surface area (Å²) in [7, 11) is 0. The number of hydrogen-bond acceptors (Lipinski definition) is 10. The van der Waals surface area contributed by atoms with Gasteiger partial charge in [-0.1, -0.05) is 13.8 Å². The summed E-state index contributed by atoms with van der Waals surface area (Å²) in [5, 5.41) is 26.9. The fraction of sp³-hybridized carbons (Fsp3) is 0.955. The van der Waals surface area contributed by atoms with E-state index in [0.29, 0.717) is 6.42 Å². The summed E-state index contributed by atoms with van der Waals surface area (Å²) < 4.78 is 33.9. The zero-order valence-corrected chi connectivity index (χ0v) is 19.7. The molecule has 4 heterocycles. The van der Waals surface area contributed by atoms with Crippen LogP contribution in [0, 0.1) is 11.8 Å². The number of aliphatic hydroxyl groups is 3. The van der Waals surface area contributed by atoms with Gasteiger partial charge >= 0.3 is 0 Å². The van der Waals surface area contributed by atoms with Crippen molar-refractivity contribution < 1.29 is 48.5 Å². The van der Waals surface area contributed by atoms with Gasteiger partial charge in [-0.3, -0.25) is 4.79 Å². The highest BCUT2D eigenvalue weighted by atomic mass is 16.8. The number of carbonyl (C=O) groups excluding carboxylic acids is 1. The molecule has 0 radical (unpaired) electrons. The van der Waals surface area contributed by atoms with Crippen molar-refractivity contribution in [3.63, 3.8) is 0 Å². The van der Waals surface area contributed by atoms with Crippen molar-refractivity contribution >= 4 is 5.78 Å². The van der Waals surface area contributed by atoms with Gasteiger partial charge in [0.1, 0.15) is 18.8 Å². The van der Waals surface area contributed by atoms with Crippen LogP contribution >= 0.6 is 0 Å². The zero-order chi connectivity index (χ0) is 23.8. The van der Waals surface area contributed by atoms with Gasteiger partial charge in [0.15, 0.2) is 29.9 Å². The largest absolute Gasteiger partial charge is 0.394 e. The molecule has 0 spiro atoms. The Morgan fingerprint density at radius 3 is 1.75 bits per heavy atom. The lowest BCUT2D eigenvalue weighted by atomic mass is 9.96. The van der Waals surface area contributed by atoms with Gasteiger partial charge in [0, 0.05) is 24.7 Å². The Morgan fingerprint density at radius 2 is 1.31 bits per heavy atom. The van der Waals surface area contributed by atoms with Crippen LogP contribution in [-0.4, -0.2) is 89.0 Å². The first-order chi connectivity index (χ1) is 14.9. The topological polar surface area (TPSA) is 133 Å². The van der Waals surface area contributed by atoms with Crippen LogP contribution in [0.25, 0.3) is 0 Å². The molecule has 3 N–H and O–H groups in total. The Balaban J connectivity index is 0.000000181. The molecular formula is C22H38O10. The van der Waals surface area contributed by atoms with Crippen LogP contribution in [-0.2, 0) is 33.2 Å².